The molecule has 0 heterocycles. The molecule has 19 heavy (non-hydrogen) atoms. The van der Waals surface area contributed by atoms with Crippen molar-refractivity contribution >= 4 is 5.78 Å². The minimum absolute atomic E-state index is 0.102. The van der Waals surface area contributed by atoms with E-state index in [9.17, 15) is 9.18 Å². The number of hydrogen-bond acceptors (Lipinski definition) is 3. The molecule has 3 nitrogen and oxygen atoms in total. The number of ketones is 1. The normalized spacial score (nSPS) is 11.9. The summed E-state index contributed by atoms with van der Waals surface area (Å²) in [4.78, 5) is 12.2. The van der Waals surface area contributed by atoms with Crippen molar-refractivity contribution in [2.75, 3.05) is 7.11 Å². The van der Waals surface area contributed by atoms with Gasteiger partial charge in [-0.05, 0) is 23.8 Å². The molecule has 0 aliphatic carbocycles. The smallest absolute Gasteiger partial charge is 0.184 e. The van der Waals surface area contributed by atoms with Gasteiger partial charge in [0.1, 0.15) is 0 Å². The highest BCUT2D eigenvalue weighted by Crippen LogP contribution is 2.21. The lowest BCUT2D eigenvalue weighted by Gasteiger charge is -2.11. The first-order chi connectivity index (χ1) is 9.13. The maximum absolute atomic E-state index is 13.6. The molecule has 0 fully saturated rings. The van der Waals surface area contributed by atoms with Gasteiger partial charge in [-0.25, -0.2) is 4.39 Å². The van der Waals surface area contributed by atoms with E-state index in [0.717, 1.165) is 6.07 Å². The van der Waals surface area contributed by atoms with Gasteiger partial charge < -0.3 is 10.5 Å². The standard InChI is InChI=1S/C15H14FNO2/c1-19-13-8-7-11(9-12(13)16)15(18)14(17)10-5-3-2-4-6-10/h2-9,14H,17H2,1H3/t14-/m1/s1. The molecule has 98 valence electrons. The fraction of sp³-hybridized carbons (Fsp3) is 0.133. The zero-order chi connectivity index (χ0) is 13.8. The van der Waals surface area contributed by atoms with Crippen LogP contribution in [0.15, 0.2) is 48.5 Å². The fourth-order valence-corrected chi connectivity index (χ4v) is 1.81. The molecule has 0 unspecified atom stereocenters. The minimum atomic E-state index is -0.797. The molecule has 0 bridgehead atoms. The first-order valence-corrected chi connectivity index (χ1v) is 5.81. The molecule has 2 aromatic carbocycles. The molecule has 0 aliphatic rings. The number of methoxy groups -OCH3 is 1. The Balaban J connectivity index is 2.27. The Morgan fingerprint density at radius 3 is 2.47 bits per heavy atom. The average molecular weight is 259 g/mol. The van der Waals surface area contributed by atoms with Gasteiger partial charge in [0.05, 0.1) is 13.2 Å². The van der Waals surface area contributed by atoms with Crippen molar-refractivity contribution in [2.24, 2.45) is 5.73 Å². The van der Waals surface area contributed by atoms with Crippen molar-refractivity contribution in [1.82, 2.24) is 0 Å². The topological polar surface area (TPSA) is 52.3 Å². The van der Waals surface area contributed by atoms with Crippen LogP contribution in [0.25, 0.3) is 0 Å². The van der Waals surface area contributed by atoms with E-state index in [1.165, 1.54) is 19.2 Å². The molecule has 1 atom stereocenters. The number of Topliss-reactive ketones (excluding diaryl/α,β-unsaturated/α-hetero) is 1. The third-order valence-electron chi connectivity index (χ3n) is 2.88. The van der Waals surface area contributed by atoms with Crippen LogP contribution in [0.4, 0.5) is 4.39 Å². The van der Waals surface area contributed by atoms with Gasteiger partial charge in [0.2, 0.25) is 0 Å². The highest BCUT2D eigenvalue weighted by atomic mass is 19.1. The molecule has 0 amide bonds. The van der Waals surface area contributed by atoms with E-state index in [1.807, 2.05) is 6.07 Å². The van der Waals surface area contributed by atoms with Crippen LogP contribution in [0.3, 0.4) is 0 Å². The van der Waals surface area contributed by atoms with E-state index in [0.29, 0.717) is 5.56 Å². The molecule has 2 rings (SSSR count). The summed E-state index contributed by atoms with van der Waals surface area (Å²) < 4.78 is 18.4. The van der Waals surface area contributed by atoms with Gasteiger partial charge in [-0.2, -0.15) is 0 Å². The van der Waals surface area contributed by atoms with E-state index in [2.05, 4.69) is 0 Å². The minimum Gasteiger partial charge on any atom is -0.494 e. The number of carbonyl (C=O) groups is 1. The Morgan fingerprint density at radius 2 is 1.89 bits per heavy atom. The van der Waals surface area contributed by atoms with Crippen LogP contribution in [0.2, 0.25) is 0 Å². The zero-order valence-electron chi connectivity index (χ0n) is 10.5. The van der Waals surface area contributed by atoms with Crippen LogP contribution in [-0.2, 0) is 0 Å². The monoisotopic (exact) mass is 259 g/mol. The third-order valence-corrected chi connectivity index (χ3v) is 2.88. The summed E-state index contributed by atoms with van der Waals surface area (Å²) in [6.07, 6.45) is 0. The van der Waals surface area contributed by atoms with E-state index in [1.54, 1.807) is 24.3 Å². The van der Waals surface area contributed by atoms with Gasteiger partial charge >= 0.3 is 0 Å². The molecular weight excluding hydrogens is 245 g/mol. The number of benzene rings is 2. The van der Waals surface area contributed by atoms with Gasteiger partial charge in [0.25, 0.3) is 0 Å². The Labute approximate surface area is 110 Å². The summed E-state index contributed by atoms with van der Waals surface area (Å²) in [5, 5.41) is 0. The molecule has 2 aromatic rings. The van der Waals surface area contributed by atoms with Gasteiger partial charge in [-0.15, -0.1) is 0 Å². The Bertz CT molecular complexity index is 584. The van der Waals surface area contributed by atoms with Crippen LogP contribution >= 0.6 is 0 Å². The van der Waals surface area contributed by atoms with Crippen molar-refractivity contribution in [3.05, 3.63) is 65.5 Å². The summed E-state index contributed by atoms with van der Waals surface area (Å²) in [5.74, 6) is -0.800. The van der Waals surface area contributed by atoms with Crippen molar-refractivity contribution in [2.45, 2.75) is 6.04 Å². The number of ether oxygens (including phenoxy) is 1. The summed E-state index contributed by atoms with van der Waals surface area (Å²) in [6.45, 7) is 0. The second-order valence-electron chi connectivity index (χ2n) is 4.10. The van der Waals surface area contributed by atoms with Gasteiger partial charge in [0.15, 0.2) is 17.3 Å². The lowest BCUT2D eigenvalue weighted by atomic mass is 9.98. The van der Waals surface area contributed by atoms with Gasteiger partial charge in [-0.3, -0.25) is 4.79 Å². The largest absolute Gasteiger partial charge is 0.494 e. The van der Waals surface area contributed by atoms with Crippen LogP contribution in [0.5, 0.6) is 5.75 Å². The number of rotatable bonds is 4. The molecular formula is C15H14FNO2. The first-order valence-electron chi connectivity index (χ1n) is 5.81. The number of halogens is 1. The number of hydrogen-bond donors (Lipinski definition) is 1. The van der Waals surface area contributed by atoms with Crippen LogP contribution in [0, 0.1) is 5.82 Å². The highest BCUT2D eigenvalue weighted by Gasteiger charge is 2.18. The molecule has 0 aromatic heterocycles. The summed E-state index contributed by atoms with van der Waals surface area (Å²) in [7, 11) is 1.37. The Morgan fingerprint density at radius 1 is 1.21 bits per heavy atom. The second kappa shape index (κ2) is 5.63. The quantitative estimate of drug-likeness (QED) is 0.859. The molecule has 0 saturated heterocycles. The van der Waals surface area contributed by atoms with Gasteiger partial charge in [-0.1, -0.05) is 30.3 Å². The van der Waals surface area contributed by atoms with E-state index in [-0.39, 0.29) is 17.1 Å². The molecule has 0 saturated carbocycles. The van der Waals surface area contributed by atoms with Crippen LogP contribution < -0.4 is 10.5 Å². The molecule has 4 heteroatoms. The third kappa shape index (κ3) is 2.80. The van der Waals surface area contributed by atoms with E-state index in [4.69, 9.17) is 10.5 Å². The summed E-state index contributed by atoms with van der Waals surface area (Å²) in [6, 6.07) is 12.2. The fourth-order valence-electron chi connectivity index (χ4n) is 1.81. The SMILES string of the molecule is COc1ccc(C(=O)[C@H](N)c2ccccc2)cc1F. The second-order valence-corrected chi connectivity index (χ2v) is 4.10. The predicted octanol–water partition coefficient (Wildman–Crippen LogP) is 2.72. The Hall–Kier alpha value is -2.20. The highest BCUT2D eigenvalue weighted by molar-refractivity contribution is 6.00. The van der Waals surface area contributed by atoms with Crippen molar-refractivity contribution in [1.29, 1.82) is 0 Å². The van der Waals surface area contributed by atoms with Crippen molar-refractivity contribution in [3.63, 3.8) is 0 Å². The van der Waals surface area contributed by atoms with Gasteiger partial charge in [0, 0.05) is 5.56 Å². The molecule has 0 spiro atoms. The predicted molar refractivity (Wildman–Crippen MR) is 70.7 cm³/mol. The van der Waals surface area contributed by atoms with Crippen LogP contribution in [-0.4, -0.2) is 12.9 Å². The number of carbonyl (C=O) groups excluding carboxylic acids is 1. The van der Waals surface area contributed by atoms with Crippen molar-refractivity contribution in [3.8, 4) is 5.75 Å². The first kappa shape index (κ1) is 13.2. The lowest BCUT2D eigenvalue weighted by molar-refractivity contribution is 0.0961. The van der Waals surface area contributed by atoms with Crippen molar-refractivity contribution < 1.29 is 13.9 Å². The maximum Gasteiger partial charge on any atom is 0.184 e. The summed E-state index contributed by atoms with van der Waals surface area (Å²) >= 11 is 0. The van der Waals surface area contributed by atoms with E-state index >= 15 is 0 Å². The Kier molecular flexibility index (Phi) is 3.92. The molecule has 0 aliphatic heterocycles. The summed E-state index contributed by atoms with van der Waals surface area (Å²) in [5.41, 5.74) is 6.82. The van der Waals surface area contributed by atoms with E-state index < -0.39 is 11.9 Å². The number of nitrogens with two attached hydrogens (primary N) is 1. The average Bonchev–Trinajstić information content (AvgIpc) is 2.46. The lowest BCUT2D eigenvalue weighted by Crippen LogP contribution is -2.21. The zero-order valence-corrected chi connectivity index (χ0v) is 10.5. The molecule has 2 N–H and O–H groups in total. The molecule has 0 radical (unpaired) electrons. The van der Waals surface area contributed by atoms with Crippen LogP contribution in [0.1, 0.15) is 22.0 Å². The maximum atomic E-state index is 13.6.